The summed E-state index contributed by atoms with van der Waals surface area (Å²) >= 11 is 0. The molecule has 12 heteroatoms. The molecular formula is C26H34N2O8S2. The van der Waals surface area contributed by atoms with Crippen molar-refractivity contribution in [2.75, 3.05) is 13.2 Å². The summed E-state index contributed by atoms with van der Waals surface area (Å²) in [6.45, 7) is 5.51. The molecule has 0 unspecified atom stereocenters. The van der Waals surface area contributed by atoms with Gasteiger partial charge in [0.05, 0.1) is 22.6 Å². The smallest absolute Gasteiger partial charge is 0.331 e. The maximum Gasteiger partial charge on any atom is 0.331 e. The van der Waals surface area contributed by atoms with Crippen LogP contribution in [0.15, 0.2) is 72.8 Å². The lowest BCUT2D eigenvalue weighted by molar-refractivity contribution is -0.141. The minimum atomic E-state index is -3.66. The second kappa shape index (κ2) is 14.2. The molecule has 10 nitrogen and oxygen atoms in total. The van der Waals surface area contributed by atoms with Crippen molar-refractivity contribution in [2.24, 2.45) is 0 Å². The molecule has 0 heterocycles. The molecule has 0 aliphatic carbocycles. The number of nitrogens with one attached hydrogen (secondary N) is 2. The second-order valence-corrected chi connectivity index (χ2v) is 13.5. The van der Waals surface area contributed by atoms with E-state index in [1.54, 1.807) is 60.7 Å². The number of rotatable bonds is 14. The third-order valence-electron chi connectivity index (χ3n) is 5.40. The number of carbonyl (C=O) groups is 2. The molecule has 0 aromatic heterocycles. The molecule has 0 aliphatic rings. The van der Waals surface area contributed by atoms with Crippen LogP contribution in [0.5, 0.6) is 0 Å². The summed E-state index contributed by atoms with van der Waals surface area (Å²) in [5.41, 5.74) is 1.20. The van der Waals surface area contributed by atoms with Gasteiger partial charge in [0, 0.05) is 12.2 Å². The van der Waals surface area contributed by atoms with Crippen molar-refractivity contribution in [3.8, 4) is 0 Å². The lowest BCUT2D eigenvalue weighted by atomic mass is 10.1. The van der Waals surface area contributed by atoms with E-state index < -0.39 is 54.6 Å². The zero-order chi connectivity index (χ0) is 28.3. The Morgan fingerprint density at radius 3 is 1.26 bits per heavy atom. The van der Waals surface area contributed by atoms with Gasteiger partial charge < -0.3 is 9.47 Å². The molecule has 0 saturated heterocycles. The third kappa shape index (κ3) is 10.0. The van der Waals surface area contributed by atoms with Crippen LogP contribution in [0.4, 0.5) is 0 Å². The molecule has 38 heavy (non-hydrogen) atoms. The fourth-order valence-electron chi connectivity index (χ4n) is 3.00. The number of esters is 2. The minimum Gasteiger partial charge on any atom is -0.460 e. The number of sulfonamides is 2. The molecule has 0 radical (unpaired) electrons. The summed E-state index contributed by atoms with van der Waals surface area (Å²) in [6, 6.07) is 15.6. The van der Waals surface area contributed by atoms with Crippen molar-refractivity contribution >= 4 is 32.0 Å². The Bertz CT molecular complexity index is 1190. The van der Waals surface area contributed by atoms with E-state index in [1.165, 1.54) is 27.7 Å². The van der Waals surface area contributed by atoms with Crippen LogP contribution in [0, 0.1) is 0 Å². The second-order valence-electron chi connectivity index (χ2n) is 8.94. The Morgan fingerprint density at radius 1 is 0.658 bits per heavy atom. The average Bonchev–Trinajstić information content (AvgIpc) is 2.88. The molecule has 0 fully saturated rings. The third-order valence-corrected chi connectivity index (χ3v) is 9.11. The van der Waals surface area contributed by atoms with Gasteiger partial charge in [0.25, 0.3) is 0 Å². The standard InChI is InChI=1S/C26H34N2O8S2/c1-19(2)37(31,32)27-23(21-11-7-5-8-12-21)17-35-25(29)15-16-26(30)36-18-24(22-13-9-6-10-14-22)28-38(33,34)20(3)4/h5-16,19-20,23-24,27-28H,17-18H2,1-4H3/b16-15+/t23-,24-/m1/s1. The van der Waals surface area contributed by atoms with Crippen LogP contribution in [0.1, 0.15) is 50.9 Å². The van der Waals surface area contributed by atoms with Crippen LogP contribution in [0.25, 0.3) is 0 Å². The highest BCUT2D eigenvalue weighted by Crippen LogP contribution is 2.17. The van der Waals surface area contributed by atoms with Crippen LogP contribution >= 0.6 is 0 Å². The quantitative estimate of drug-likeness (QED) is 0.262. The fraction of sp³-hybridized carbons (Fsp3) is 0.385. The average molecular weight is 567 g/mol. The molecule has 0 aliphatic heterocycles. The molecule has 0 spiro atoms. The molecule has 0 saturated carbocycles. The minimum absolute atomic E-state index is 0.304. The van der Waals surface area contributed by atoms with Crippen molar-refractivity contribution < 1.29 is 35.9 Å². The van der Waals surface area contributed by atoms with Crippen molar-refractivity contribution in [3.63, 3.8) is 0 Å². The van der Waals surface area contributed by atoms with E-state index >= 15 is 0 Å². The lowest BCUT2D eigenvalue weighted by Gasteiger charge is -2.20. The summed E-state index contributed by atoms with van der Waals surface area (Å²) in [5.74, 6) is -1.77. The Labute approximate surface area is 224 Å². The molecular weight excluding hydrogens is 532 g/mol. The fourth-order valence-corrected chi connectivity index (χ4v) is 4.74. The largest absolute Gasteiger partial charge is 0.460 e. The van der Waals surface area contributed by atoms with Gasteiger partial charge in [-0.2, -0.15) is 0 Å². The monoisotopic (exact) mass is 566 g/mol. The highest BCUT2D eigenvalue weighted by molar-refractivity contribution is 7.90. The highest BCUT2D eigenvalue weighted by Gasteiger charge is 2.25. The summed E-state index contributed by atoms with van der Waals surface area (Å²) in [7, 11) is -7.32. The molecule has 0 amide bonds. The number of hydrogen-bond donors (Lipinski definition) is 2. The summed E-state index contributed by atoms with van der Waals surface area (Å²) in [4.78, 5) is 24.4. The van der Waals surface area contributed by atoms with E-state index in [4.69, 9.17) is 9.47 Å². The Hall–Kier alpha value is -3.06. The Kier molecular flexibility index (Phi) is 11.6. The molecule has 0 bridgehead atoms. The topological polar surface area (TPSA) is 145 Å². The predicted molar refractivity (Wildman–Crippen MR) is 144 cm³/mol. The number of benzene rings is 2. The number of ether oxygens (including phenoxy) is 2. The highest BCUT2D eigenvalue weighted by atomic mass is 32.2. The number of carbonyl (C=O) groups excluding carboxylic acids is 2. The molecule has 2 N–H and O–H groups in total. The van der Waals surface area contributed by atoms with Gasteiger partial charge in [-0.1, -0.05) is 60.7 Å². The van der Waals surface area contributed by atoms with Gasteiger partial charge in [-0.05, 0) is 38.8 Å². The molecule has 2 aromatic carbocycles. The maximum atomic E-state index is 12.4. The SMILES string of the molecule is CC(C)S(=O)(=O)N[C@H](COC(=O)/C=C/C(=O)OC[C@@H](NS(=O)(=O)C(C)C)c1ccccc1)c1ccccc1. The van der Waals surface area contributed by atoms with Crippen LogP contribution in [0.3, 0.4) is 0 Å². The van der Waals surface area contributed by atoms with Gasteiger partial charge in [-0.3, -0.25) is 0 Å². The van der Waals surface area contributed by atoms with E-state index in [1.807, 2.05) is 0 Å². The van der Waals surface area contributed by atoms with Crippen molar-refractivity contribution in [3.05, 3.63) is 83.9 Å². The molecule has 208 valence electrons. The van der Waals surface area contributed by atoms with Gasteiger partial charge in [0.1, 0.15) is 13.2 Å². The lowest BCUT2D eigenvalue weighted by Crippen LogP contribution is -2.36. The first-order valence-corrected chi connectivity index (χ1v) is 15.0. The van der Waals surface area contributed by atoms with E-state index in [0.29, 0.717) is 11.1 Å². The first kappa shape index (κ1) is 31.2. The van der Waals surface area contributed by atoms with Crippen LogP contribution < -0.4 is 9.44 Å². The summed E-state index contributed by atoms with van der Waals surface area (Å²) in [6.07, 6.45) is 1.72. The van der Waals surface area contributed by atoms with E-state index in [0.717, 1.165) is 12.2 Å². The molecule has 2 rings (SSSR count). The summed E-state index contributed by atoms with van der Waals surface area (Å²) in [5, 5.41) is -1.38. The normalized spacial score (nSPS) is 13.9. The zero-order valence-corrected chi connectivity index (χ0v) is 23.4. The maximum absolute atomic E-state index is 12.4. The van der Waals surface area contributed by atoms with Crippen LogP contribution in [0.2, 0.25) is 0 Å². The number of hydrogen-bond acceptors (Lipinski definition) is 8. The predicted octanol–water partition coefficient (Wildman–Crippen LogP) is 2.77. The van der Waals surface area contributed by atoms with E-state index in [9.17, 15) is 26.4 Å². The van der Waals surface area contributed by atoms with Crippen LogP contribution in [-0.4, -0.2) is 52.5 Å². The van der Waals surface area contributed by atoms with E-state index in [2.05, 4.69) is 9.44 Å². The van der Waals surface area contributed by atoms with Gasteiger partial charge in [0.15, 0.2) is 0 Å². The first-order chi connectivity index (χ1) is 17.8. The van der Waals surface area contributed by atoms with Gasteiger partial charge >= 0.3 is 11.9 Å². The van der Waals surface area contributed by atoms with Crippen molar-refractivity contribution in [1.29, 1.82) is 0 Å². The Morgan fingerprint density at radius 2 is 0.974 bits per heavy atom. The Balaban J connectivity index is 2.00. The van der Waals surface area contributed by atoms with Crippen molar-refractivity contribution in [1.82, 2.24) is 9.44 Å². The van der Waals surface area contributed by atoms with Crippen molar-refractivity contribution in [2.45, 2.75) is 50.3 Å². The zero-order valence-electron chi connectivity index (χ0n) is 21.7. The van der Waals surface area contributed by atoms with Gasteiger partial charge in [-0.25, -0.2) is 35.9 Å². The van der Waals surface area contributed by atoms with Crippen LogP contribution in [-0.2, 0) is 39.1 Å². The van der Waals surface area contributed by atoms with Gasteiger partial charge in [0.2, 0.25) is 20.0 Å². The molecule has 2 aromatic rings. The van der Waals surface area contributed by atoms with Gasteiger partial charge in [-0.15, -0.1) is 0 Å². The summed E-state index contributed by atoms with van der Waals surface area (Å²) < 4.78 is 64.8. The van der Waals surface area contributed by atoms with E-state index in [-0.39, 0.29) is 13.2 Å². The molecule has 2 atom stereocenters. The first-order valence-electron chi connectivity index (χ1n) is 12.0.